The predicted molar refractivity (Wildman–Crippen MR) is 119 cm³/mol. The Kier molecular flexibility index (Phi) is 5.60. The molecule has 1 fully saturated rings. The molecule has 0 radical (unpaired) electrons. The summed E-state index contributed by atoms with van der Waals surface area (Å²) < 4.78 is 27.8. The Labute approximate surface area is 181 Å². The number of thiazole rings is 1. The van der Waals surface area contributed by atoms with Gasteiger partial charge in [0.2, 0.25) is 10.0 Å². The van der Waals surface area contributed by atoms with Gasteiger partial charge in [-0.25, -0.2) is 18.1 Å². The van der Waals surface area contributed by atoms with Crippen LogP contribution in [0.15, 0.2) is 45.8 Å². The van der Waals surface area contributed by atoms with Crippen LogP contribution in [-0.2, 0) is 10.0 Å². The first kappa shape index (κ1) is 20.3. The first-order chi connectivity index (χ1) is 13.9. The van der Waals surface area contributed by atoms with Crippen LogP contribution in [0.5, 0.6) is 0 Å². The van der Waals surface area contributed by atoms with Crippen molar-refractivity contribution in [3.05, 3.63) is 46.4 Å². The average molecular weight is 495 g/mol. The summed E-state index contributed by atoms with van der Waals surface area (Å²) in [6, 6.07) is 9.92. The van der Waals surface area contributed by atoms with Crippen LogP contribution in [0.3, 0.4) is 0 Å². The quantitative estimate of drug-likeness (QED) is 0.562. The molecular formula is C19H19BrN4O3S2. The Morgan fingerprint density at radius 2 is 1.93 bits per heavy atom. The van der Waals surface area contributed by atoms with Crippen LogP contribution >= 0.6 is 27.3 Å². The van der Waals surface area contributed by atoms with Crippen molar-refractivity contribution in [1.82, 2.24) is 9.71 Å². The summed E-state index contributed by atoms with van der Waals surface area (Å²) in [7, 11) is -2.31. The molecule has 2 heterocycles. The number of aromatic nitrogens is 1. The monoisotopic (exact) mass is 494 g/mol. The van der Waals surface area contributed by atoms with Crippen molar-refractivity contribution >= 4 is 64.2 Å². The maximum absolute atomic E-state index is 12.8. The van der Waals surface area contributed by atoms with Crippen molar-refractivity contribution < 1.29 is 13.2 Å². The number of carbonyl (C=O) groups is 1. The zero-order valence-corrected chi connectivity index (χ0v) is 18.8. The summed E-state index contributed by atoms with van der Waals surface area (Å²) in [5, 5.41) is 3.86. The van der Waals surface area contributed by atoms with Crippen LogP contribution < -0.4 is 14.9 Å². The third-order valence-corrected chi connectivity index (χ3v) is 7.96. The van der Waals surface area contributed by atoms with Crippen molar-refractivity contribution in [1.29, 1.82) is 0 Å². The molecule has 4 rings (SSSR count). The SMILES string of the molecule is CNS(=O)(=O)c1ccc(Br)c(C(=O)Nc2ccc3nc(N4CCCC4)sc3c2)c1. The molecule has 1 aromatic heterocycles. The molecule has 0 unspecified atom stereocenters. The van der Waals surface area contributed by atoms with E-state index >= 15 is 0 Å². The van der Waals surface area contributed by atoms with Gasteiger partial charge < -0.3 is 10.2 Å². The van der Waals surface area contributed by atoms with Crippen LogP contribution in [0.2, 0.25) is 0 Å². The van der Waals surface area contributed by atoms with Gasteiger partial charge in [-0.1, -0.05) is 11.3 Å². The smallest absolute Gasteiger partial charge is 0.256 e. The van der Waals surface area contributed by atoms with Gasteiger partial charge in [0.25, 0.3) is 5.91 Å². The Hall–Kier alpha value is -2.01. The van der Waals surface area contributed by atoms with Gasteiger partial charge in [-0.3, -0.25) is 4.79 Å². The summed E-state index contributed by atoms with van der Waals surface area (Å²) in [6.07, 6.45) is 2.38. The molecule has 7 nitrogen and oxygen atoms in total. The fraction of sp³-hybridized carbons (Fsp3) is 0.263. The molecule has 0 spiro atoms. The van der Waals surface area contributed by atoms with E-state index in [1.165, 1.54) is 32.0 Å². The lowest BCUT2D eigenvalue weighted by Gasteiger charge is -2.11. The van der Waals surface area contributed by atoms with E-state index in [1.807, 2.05) is 12.1 Å². The number of carbonyl (C=O) groups excluding carboxylic acids is 1. The molecule has 3 aromatic rings. The number of anilines is 2. The average Bonchev–Trinajstić information content (AvgIpc) is 3.37. The summed E-state index contributed by atoms with van der Waals surface area (Å²) >= 11 is 4.93. The van der Waals surface area contributed by atoms with Crippen LogP contribution in [0.25, 0.3) is 10.2 Å². The van der Waals surface area contributed by atoms with Gasteiger partial charge in [-0.2, -0.15) is 0 Å². The molecule has 1 aliphatic heterocycles. The normalized spacial score (nSPS) is 14.5. The van der Waals surface area contributed by atoms with Gasteiger partial charge in [0.05, 0.1) is 20.7 Å². The van der Waals surface area contributed by atoms with Crippen molar-refractivity contribution in [2.24, 2.45) is 0 Å². The van der Waals surface area contributed by atoms with Crippen LogP contribution in [-0.4, -0.2) is 39.4 Å². The van der Waals surface area contributed by atoms with Crippen molar-refractivity contribution in [2.75, 3.05) is 30.4 Å². The number of nitrogens with one attached hydrogen (secondary N) is 2. The predicted octanol–water partition coefficient (Wildman–Crippen LogP) is 3.82. The summed E-state index contributed by atoms with van der Waals surface area (Å²) in [5.74, 6) is -0.395. The number of hydrogen-bond acceptors (Lipinski definition) is 6. The van der Waals surface area contributed by atoms with Crippen LogP contribution in [0, 0.1) is 0 Å². The highest BCUT2D eigenvalue weighted by atomic mass is 79.9. The lowest BCUT2D eigenvalue weighted by atomic mass is 10.2. The van der Waals surface area contributed by atoms with Gasteiger partial charge in [0.1, 0.15) is 0 Å². The van der Waals surface area contributed by atoms with Crippen LogP contribution in [0.4, 0.5) is 10.8 Å². The highest BCUT2D eigenvalue weighted by Crippen LogP contribution is 2.32. The van der Waals surface area contributed by atoms with Crippen LogP contribution in [0.1, 0.15) is 23.2 Å². The number of amides is 1. The molecule has 152 valence electrons. The molecule has 0 saturated carbocycles. The van der Waals surface area contributed by atoms with E-state index in [2.05, 4.69) is 35.9 Å². The Morgan fingerprint density at radius 1 is 1.17 bits per heavy atom. The maximum Gasteiger partial charge on any atom is 0.256 e. The first-order valence-corrected chi connectivity index (χ1v) is 12.2. The minimum absolute atomic E-state index is 0.0292. The van der Waals surface area contributed by atoms with E-state index in [0.717, 1.165) is 28.4 Å². The van der Waals surface area contributed by atoms with Gasteiger partial charge >= 0.3 is 0 Å². The van der Waals surface area contributed by atoms with E-state index in [4.69, 9.17) is 0 Å². The highest BCUT2D eigenvalue weighted by molar-refractivity contribution is 9.10. The number of halogens is 1. The second kappa shape index (κ2) is 8.02. The molecule has 2 aromatic carbocycles. The Bertz CT molecular complexity index is 1190. The van der Waals surface area contributed by atoms with E-state index < -0.39 is 15.9 Å². The number of sulfonamides is 1. The lowest BCUT2D eigenvalue weighted by Crippen LogP contribution is -2.20. The molecule has 1 aliphatic rings. The van der Waals surface area contributed by atoms with Gasteiger partial charge in [-0.05, 0) is 72.2 Å². The summed E-state index contributed by atoms with van der Waals surface area (Å²) in [5.41, 5.74) is 1.77. The molecule has 1 amide bonds. The summed E-state index contributed by atoms with van der Waals surface area (Å²) in [4.78, 5) is 19.8. The van der Waals surface area contributed by atoms with E-state index in [-0.39, 0.29) is 10.5 Å². The maximum atomic E-state index is 12.8. The second-order valence-electron chi connectivity index (χ2n) is 6.68. The third kappa shape index (κ3) is 4.16. The molecule has 0 atom stereocenters. The zero-order valence-electron chi connectivity index (χ0n) is 15.6. The number of fused-ring (bicyclic) bond motifs is 1. The number of benzene rings is 2. The standard InChI is InChI=1S/C19H19BrN4O3S2/c1-21-29(26,27)13-5-6-15(20)14(11-13)18(25)22-12-4-7-16-17(10-12)28-19(23-16)24-8-2-3-9-24/h4-7,10-11,21H,2-3,8-9H2,1H3,(H,22,25). The second-order valence-corrected chi connectivity index (χ2v) is 10.4. The van der Waals surface area contributed by atoms with E-state index in [1.54, 1.807) is 23.5 Å². The molecular weight excluding hydrogens is 476 g/mol. The van der Waals surface area contributed by atoms with Crippen molar-refractivity contribution in [3.63, 3.8) is 0 Å². The number of hydrogen-bond donors (Lipinski definition) is 2. The third-order valence-electron chi connectivity index (χ3n) is 4.77. The number of rotatable bonds is 5. The minimum Gasteiger partial charge on any atom is -0.348 e. The first-order valence-electron chi connectivity index (χ1n) is 9.07. The molecule has 1 saturated heterocycles. The zero-order chi connectivity index (χ0) is 20.6. The lowest BCUT2D eigenvalue weighted by molar-refractivity contribution is 0.102. The van der Waals surface area contributed by atoms with E-state index in [0.29, 0.717) is 10.2 Å². The molecule has 29 heavy (non-hydrogen) atoms. The van der Waals surface area contributed by atoms with Crippen molar-refractivity contribution in [3.8, 4) is 0 Å². The van der Waals surface area contributed by atoms with E-state index in [9.17, 15) is 13.2 Å². The molecule has 2 N–H and O–H groups in total. The number of nitrogens with zero attached hydrogens (tertiary/aromatic N) is 2. The molecule has 0 aliphatic carbocycles. The van der Waals surface area contributed by atoms with Crippen molar-refractivity contribution in [2.45, 2.75) is 17.7 Å². The fourth-order valence-corrected chi connectivity index (χ4v) is 5.43. The molecule has 10 heteroatoms. The highest BCUT2D eigenvalue weighted by Gasteiger charge is 2.19. The fourth-order valence-electron chi connectivity index (χ4n) is 3.20. The van der Waals surface area contributed by atoms with Gasteiger partial charge in [0, 0.05) is 23.2 Å². The summed E-state index contributed by atoms with van der Waals surface area (Å²) in [6.45, 7) is 2.06. The molecule has 0 bridgehead atoms. The Morgan fingerprint density at radius 3 is 2.66 bits per heavy atom. The van der Waals surface area contributed by atoms with Gasteiger partial charge in [-0.15, -0.1) is 0 Å². The largest absolute Gasteiger partial charge is 0.348 e. The van der Waals surface area contributed by atoms with Gasteiger partial charge in [0.15, 0.2) is 5.13 Å². The minimum atomic E-state index is -3.64. The topological polar surface area (TPSA) is 91.4 Å². The Balaban J connectivity index is 1.59.